The number of fused-ring (bicyclic) bond motifs is 1. The lowest BCUT2D eigenvalue weighted by molar-refractivity contribution is -0.00101. The predicted octanol–water partition coefficient (Wildman–Crippen LogP) is 4.80. The zero-order valence-corrected chi connectivity index (χ0v) is 22.3. The molecule has 190 valence electrons. The van der Waals surface area contributed by atoms with E-state index < -0.39 is 10.0 Å². The van der Waals surface area contributed by atoms with E-state index in [4.69, 9.17) is 16.3 Å². The highest BCUT2D eigenvalue weighted by atomic mass is 35.5. The number of sulfonamides is 1. The number of benzene rings is 2. The largest absolute Gasteiger partial charge is 0.491 e. The van der Waals surface area contributed by atoms with Crippen LogP contribution in [0.1, 0.15) is 37.3 Å². The van der Waals surface area contributed by atoms with E-state index in [0.29, 0.717) is 36.0 Å². The van der Waals surface area contributed by atoms with Gasteiger partial charge >= 0.3 is 0 Å². The number of hydrogen-bond acceptors (Lipinski definition) is 5. The summed E-state index contributed by atoms with van der Waals surface area (Å²) in [7, 11) is -3.07. The number of halogens is 1. The molecule has 0 radical (unpaired) electrons. The minimum atomic E-state index is -3.07. The summed E-state index contributed by atoms with van der Waals surface area (Å²) in [6.07, 6.45) is 6.22. The molecule has 2 aliphatic rings. The smallest absolute Gasteiger partial charge is 0.211 e. The van der Waals surface area contributed by atoms with Crippen LogP contribution in [-0.2, 0) is 16.6 Å². The molecule has 0 aliphatic carbocycles. The highest BCUT2D eigenvalue weighted by Gasteiger charge is 2.47. The van der Waals surface area contributed by atoms with Crippen molar-refractivity contribution in [2.45, 2.75) is 32.7 Å². The number of hydrogen-bond donors (Lipinski definition) is 0. The summed E-state index contributed by atoms with van der Waals surface area (Å²) in [5.41, 5.74) is 3.73. The van der Waals surface area contributed by atoms with Crippen molar-refractivity contribution in [2.24, 2.45) is 5.41 Å². The highest BCUT2D eigenvalue weighted by molar-refractivity contribution is 7.88. The molecule has 2 aliphatic heterocycles. The molecule has 0 saturated carbocycles. The number of piperidine rings is 1. The Balaban J connectivity index is 1.28. The Labute approximate surface area is 217 Å². The Morgan fingerprint density at radius 2 is 1.89 bits per heavy atom. The minimum Gasteiger partial charge on any atom is -0.491 e. The molecule has 2 aromatic carbocycles. The van der Waals surface area contributed by atoms with E-state index in [9.17, 15) is 13.7 Å². The van der Waals surface area contributed by atoms with Crippen molar-refractivity contribution in [1.82, 2.24) is 13.8 Å². The van der Waals surface area contributed by atoms with Crippen LogP contribution >= 0.6 is 11.6 Å². The van der Waals surface area contributed by atoms with Crippen molar-refractivity contribution in [1.29, 1.82) is 5.26 Å². The maximum atomic E-state index is 11.7. The lowest BCUT2D eigenvalue weighted by atomic mass is 9.73. The lowest BCUT2D eigenvalue weighted by Gasteiger charge is -2.52. The summed E-state index contributed by atoms with van der Waals surface area (Å²) >= 11 is 6.49. The molecule has 36 heavy (non-hydrogen) atoms. The van der Waals surface area contributed by atoms with Crippen molar-refractivity contribution in [3.8, 4) is 17.5 Å². The van der Waals surface area contributed by atoms with Crippen LogP contribution in [0.5, 0.6) is 5.75 Å². The fourth-order valence-electron chi connectivity index (χ4n) is 5.36. The van der Waals surface area contributed by atoms with Crippen LogP contribution in [0.15, 0.2) is 42.6 Å². The molecule has 3 heterocycles. The second-order valence-corrected chi connectivity index (χ2v) is 12.5. The van der Waals surface area contributed by atoms with Gasteiger partial charge in [0.1, 0.15) is 6.07 Å². The summed E-state index contributed by atoms with van der Waals surface area (Å²) < 4.78 is 32.8. The van der Waals surface area contributed by atoms with Crippen molar-refractivity contribution >= 4 is 32.5 Å². The second kappa shape index (κ2) is 9.71. The van der Waals surface area contributed by atoms with Crippen LogP contribution < -0.4 is 4.74 Å². The van der Waals surface area contributed by atoms with Crippen LogP contribution in [0.2, 0.25) is 5.02 Å². The van der Waals surface area contributed by atoms with Crippen LogP contribution in [0.3, 0.4) is 0 Å². The van der Waals surface area contributed by atoms with E-state index in [0.717, 1.165) is 55.5 Å². The van der Waals surface area contributed by atoms with Crippen LogP contribution in [0, 0.1) is 16.7 Å². The van der Waals surface area contributed by atoms with Gasteiger partial charge < -0.3 is 9.30 Å². The molecular formula is C27H31ClN4O3S. The molecule has 0 unspecified atom stereocenters. The third-order valence-corrected chi connectivity index (χ3v) is 8.92. The topological polar surface area (TPSA) is 78.6 Å². The zero-order valence-electron chi connectivity index (χ0n) is 20.7. The van der Waals surface area contributed by atoms with Crippen molar-refractivity contribution in [2.75, 3.05) is 39.0 Å². The Bertz CT molecular complexity index is 1430. The van der Waals surface area contributed by atoms with E-state index in [1.54, 1.807) is 4.31 Å². The van der Waals surface area contributed by atoms with Gasteiger partial charge in [0.15, 0.2) is 5.75 Å². The van der Waals surface area contributed by atoms with E-state index in [1.165, 1.54) is 11.8 Å². The van der Waals surface area contributed by atoms with Gasteiger partial charge in [-0.25, -0.2) is 12.7 Å². The van der Waals surface area contributed by atoms with Gasteiger partial charge in [0.25, 0.3) is 0 Å². The molecule has 3 aromatic rings. The number of rotatable bonds is 7. The van der Waals surface area contributed by atoms with Gasteiger partial charge in [0.2, 0.25) is 10.0 Å². The predicted molar refractivity (Wildman–Crippen MR) is 142 cm³/mol. The van der Waals surface area contributed by atoms with Gasteiger partial charge in [-0.05, 0) is 68.2 Å². The number of likely N-dealkylation sites (tertiary alicyclic amines) is 1. The minimum absolute atomic E-state index is 0.168. The maximum absolute atomic E-state index is 11.7. The average molecular weight is 527 g/mol. The summed E-state index contributed by atoms with van der Waals surface area (Å²) in [4.78, 5) is 2.46. The van der Waals surface area contributed by atoms with Crippen LogP contribution in [0.25, 0.3) is 16.6 Å². The Hall–Kier alpha value is -2.57. The third kappa shape index (κ3) is 4.85. The van der Waals surface area contributed by atoms with Crippen molar-refractivity contribution in [3.05, 3.63) is 58.7 Å². The van der Waals surface area contributed by atoms with E-state index >= 15 is 0 Å². The number of nitriles is 1. The van der Waals surface area contributed by atoms with Gasteiger partial charge in [-0.1, -0.05) is 24.6 Å². The van der Waals surface area contributed by atoms with E-state index in [-0.39, 0.29) is 5.41 Å². The first-order valence-electron chi connectivity index (χ1n) is 12.4. The summed E-state index contributed by atoms with van der Waals surface area (Å²) in [6, 6.07) is 14.5. The van der Waals surface area contributed by atoms with Gasteiger partial charge in [-0.3, -0.25) is 4.90 Å². The number of aromatic nitrogens is 1. The zero-order chi connectivity index (χ0) is 25.5. The maximum Gasteiger partial charge on any atom is 0.211 e. The summed E-state index contributed by atoms with van der Waals surface area (Å²) in [5.74, 6) is 0.442. The number of nitrogens with zero attached hydrogens (tertiary/aromatic N) is 4. The molecule has 0 N–H and O–H groups in total. The molecule has 1 aromatic heterocycles. The Kier molecular flexibility index (Phi) is 6.77. The van der Waals surface area contributed by atoms with E-state index in [2.05, 4.69) is 35.2 Å². The van der Waals surface area contributed by atoms with Crippen molar-refractivity contribution in [3.63, 3.8) is 0 Å². The number of ether oxygens (including phenoxy) is 1. The molecule has 2 saturated heterocycles. The molecule has 1 spiro atoms. The standard InChI is InChI=1S/C27H31ClN4O3S/c1-3-12-35-26-22(16-29)14-23(15-24(26)28)32-9-6-21-13-20(4-5-25(21)32)17-30-10-7-27(8-11-30)18-31(19-27)36(2,33)34/h4-6,9,13-15H,3,7-8,10-12,17-19H2,1-2H3. The molecule has 2 fully saturated rings. The quantitative estimate of drug-likeness (QED) is 0.442. The molecule has 0 bridgehead atoms. The molecule has 7 nitrogen and oxygen atoms in total. The van der Waals surface area contributed by atoms with E-state index in [1.807, 2.05) is 29.8 Å². The normalized spacial score (nSPS) is 18.3. The SMILES string of the molecule is CCCOc1c(Cl)cc(-n2ccc3cc(CN4CCC5(CC4)CN(S(C)(=O)=O)C5)ccc32)cc1C#N. The van der Waals surface area contributed by atoms with Gasteiger partial charge in [0.05, 0.1) is 29.0 Å². The highest BCUT2D eigenvalue weighted by Crippen LogP contribution is 2.42. The Morgan fingerprint density at radius 3 is 2.56 bits per heavy atom. The first-order valence-corrected chi connectivity index (χ1v) is 14.6. The summed E-state index contributed by atoms with van der Waals surface area (Å²) in [5, 5.41) is 11.2. The molecule has 0 atom stereocenters. The average Bonchev–Trinajstić information content (AvgIpc) is 3.24. The second-order valence-electron chi connectivity index (χ2n) is 10.2. The van der Waals surface area contributed by atoms with Crippen molar-refractivity contribution < 1.29 is 13.2 Å². The first-order chi connectivity index (χ1) is 17.2. The van der Waals surface area contributed by atoms with Gasteiger partial charge in [-0.15, -0.1) is 0 Å². The van der Waals surface area contributed by atoms with Crippen LogP contribution in [0.4, 0.5) is 0 Å². The fourth-order valence-corrected chi connectivity index (χ4v) is 6.65. The Morgan fingerprint density at radius 1 is 1.14 bits per heavy atom. The van der Waals surface area contributed by atoms with Crippen LogP contribution in [-0.4, -0.2) is 61.2 Å². The lowest BCUT2D eigenvalue weighted by Crippen LogP contribution is -2.61. The summed E-state index contributed by atoms with van der Waals surface area (Å²) in [6.45, 7) is 6.71. The first kappa shape index (κ1) is 25.1. The molecular weight excluding hydrogens is 496 g/mol. The molecule has 9 heteroatoms. The molecule has 5 rings (SSSR count). The monoisotopic (exact) mass is 526 g/mol. The third-order valence-electron chi connectivity index (χ3n) is 7.45. The van der Waals surface area contributed by atoms with Gasteiger partial charge in [0, 0.05) is 42.3 Å². The fraction of sp³-hybridized carbons (Fsp3) is 0.444. The van der Waals surface area contributed by atoms with Gasteiger partial charge in [-0.2, -0.15) is 5.26 Å². The molecule has 0 amide bonds.